The van der Waals surface area contributed by atoms with Crippen LogP contribution in [0.5, 0.6) is 0 Å². The molecule has 4 nitrogen and oxygen atoms in total. The molecule has 74 valence electrons. The molecular weight excluding hydrogens is 160 g/mol. The van der Waals surface area contributed by atoms with Gasteiger partial charge in [-0.05, 0) is 19.3 Å². The van der Waals surface area contributed by atoms with Gasteiger partial charge in [-0.25, -0.2) is 0 Å². The highest BCUT2D eigenvalue weighted by atomic mass is 16.5. The monoisotopic (exact) mass is 178 g/mol. The molecule has 0 spiro atoms. The molecule has 0 aromatic heterocycles. The van der Waals surface area contributed by atoms with E-state index in [0.717, 1.165) is 19.3 Å². The highest BCUT2D eigenvalue weighted by molar-refractivity contribution is 4.48. The Morgan fingerprint density at radius 2 is 1.83 bits per heavy atom. The lowest BCUT2D eigenvalue weighted by molar-refractivity contribution is 0.00511. The number of ether oxygens (including phenoxy) is 1. The molecule has 0 bridgehead atoms. The summed E-state index contributed by atoms with van der Waals surface area (Å²) in [5.74, 6) is 0. The second kappa shape index (κ2) is 8.93. The molecule has 0 saturated carbocycles. The summed E-state index contributed by atoms with van der Waals surface area (Å²) in [6.07, 6.45) is 1.86. The van der Waals surface area contributed by atoms with Crippen LogP contribution in [-0.2, 0) is 4.74 Å². The van der Waals surface area contributed by atoms with Crippen LogP contribution in [0.1, 0.15) is 19.3 Å². The maximum absolute atomic E-state index is 8.85. The molecule has 0 aliphatic rings. The third kappa shape index (κ3) is 7.94. The largest absolute Gasteiger partial charge is 0.396 e. The number of hydrogen-bond acceptors (Lipinski definition) is 4. The van der Waals surface area contributed by atoms with Crippen molar-refractivity contribution in [3.63, 3.8) is 0 Å². The first kappa shape index (κ1) is 11.8. The van der Waals surface area contributed by atoms with E-state index in [1.54, 1.807) is 0 Å². The van der Waals surface area contributed by atoms with Gasteiger partial charge in [0.05, 0.1) is 13.2 Å². The van der Waals surface area contributed by atoms with E-state index in [-0.39, 0.29) is 19.8 Å². The van der Waals surface area contributed by atoms with Crippen LogP contribution in [0.15, 0.2) is 0 Å². The van der Waals surface area contributed by atoms with Gasteiger partial charge in [0, 0.05) is 13.2 Å². The lowest BCUT2D eigenvalue weighted by Crippen LogP contribution is -2.19. The fourth-order valence-corrected chi connectivity index (χ4v) is 0.765. The molecule has 0 radical (unpaired) electrons. The quantitative estimate of drug-likeness (QED) is 0.439. The molecule has 0 rings (SSSR count). The molecule has 0 saturated heterocycles. The van der Waals surface area contributed by atoms with Gasteiger partial charge in [0.25, 0.3) is 0 Å². The number of hydrogen-bond donors (Lipinski definition) is 3. The molecule has 4 heteroatoms. The van der Waals surface area contributed by atoms with Crippen molar-refractivity contribution in [2.24, 2.45) is 0 Å². The van der Waals surface area contributed by atoms with Crippen molar-refractivity contribution in [2.45, 2.75) is 25.4 Å². The molecule has 0 heterocycles. The second-order valence-electron chi connectivity index (χ2n) is 2.70. The van der Waals surface area contributed by atoms with Crippen molar-refractivity contribution in [2.75, 3.05) is 26.4 Å². The Kier molecular flexibility index (Phi) is 8.81. The topological polar surface area (TPSA) is 69.9 Å². The first-order chi connectivity index (χ1) is 5.81. The number of unbranched alkanes of at least 4 members (excludes halogenated alkanes) is 2. The SMILES string of the molecule is OCCCCCOCC(O)CO. The van der Waals surface area contributed by atoms with Crippen molar-refractivity contribution < 1.29 is 20.1 Å². The van der Waals surface area contributed by atoms with Crippen molar-refractivity contribution in [3.05, 3.63) is 0 Å². The van der Waals surface area contributed by atoms with Crippen LogP contribution in [0.3, 0.4) is 0 Å². The molecule has 3 N–H and O–H groups in total. The van der Waals surface area contributed by atoms with Crippen LogP contribution in [0.2, 0.25) is 0 Å². The summed E-state index contributed by atoms with van der Waals surface area (Å²) in [5.41, 5.74) is 0. The van der Waals surface area contributed by atoms with Crippen LogP contribution in [0.4, 0.5) is 0 Å². The van der Waals surface area contributed by atoms with Crippen molar-refractivity contribution in [1.82, 2.24) is 0 Å². The summed E-state index contributed by atoms with van der Waals surface area (Å²) in [4.78, 5) is 0. The van der Waals surface area contributed by atoms with Gasteiger partial charge in [0.2, 0.25) is 0 Å². The van der Waals surface area contributed by atoms with Gasteiger partial charge in [-0.3, -0.25) is 0 Å². The average molecular weight is 178 g/mol. The van der Waals surface area contributed by atoms with Crippen LogP contribution in [0.25, 0.3) is 0 Å². The van der Waals surface area contributed by atoms with E-state index in [2.05, 4.69) is 0 Å². The van der Waals surface area contributed by atoms with Crippen LogP contribution >= 0.6 is 0 Å². The minimum atomic E-state index is -0.761. The molecule has 0 amide bonds. The summed E-state index contributed by atoms with van der Waals surface area (Å²) < 4.78 is 5.04. The zero-order chi connectivity index (χ0) is 9.23. The fraction of sp³-hybridized carbons (Fsp3) is 1.00. The van der Waals surface area contributed by atoms with Crippen molar-refractivity contribution >= 4 is 0 Å². The van der Waals surface area contributed by atoms with E-state index in [4.69, 9.17) is 20.1 Å². The Bertz CT molecular complexity index is 87.1. The lowest BCUT2D eigenvalue weighted by atomic mass is 10.2. The lowest BCUT2D eigenvalue weighted by Gasteiger charge is -2.07. The van der Waals surface area contributed by atoms with E-state index >= 15 is 0 Å². The summed E-state index contributed by atoms with van der Waals surface area (Å²) in [6.45, 7) is 0.739. The zero-order valence-corrected chi connectivity index (χ0v) is 7.28. The summed E-state index contributed by atoms with van der Waals surface area (Å²) in [5, 5.41) is 25.7. The highest BCUT2D eigenvalue weighted by Gasteiger charge is 2.00. The van der Waals surface area contributed by atoms with Gasteiger partial charge in [-0.2, -0.15) is 0 Å². The molecule has 12 heavy (non-hydrogen) atoms. The first-order valence-electron chi connectivity index (χ1n) is 4.28. The van der Waals surface area contributed by atoms with Gasteiger partial charge >= 0.3 is 0 Å². The van der Waals surface area contributed by atoms with E-state index < -0.39 is 6.10 Å². The Morgan fingerprint density at radius 3 is 2.42 bits per heavy atom. The fourth-order valence-electron chi connectivity index (χ4n) is 0.765. The zero-order valence-electron chi connectivity index (χ0n) is 7.28. The number of aliphatic hydroxyl groups excluding tert-OH is 3. The summed E-state index contributed by atoms with van der Waals surface area (Å²) in [7, 11) is 0. The first-order valence-corrected chi connectivity index (χ1v) is 4.28. The predicted octanol–water partition coefficient (Wildman–Crippen LogP) is -0.481. The van der Waals surface area contributed by atoms with Crippen LogP contribution in [0, 0.1) is 0 Å². The minimum Gasteiger partial charge on any atom is -0.396 e. The smallest absolute Gasteiger partial charge is 0.100 e. The molecule has 0 aromatic rings. The van der Waals surface area contributed by atoms with Crippen molar-refractivity contribution in [1.29, 1.82) is 0 Å². The van der Waals surface area contributed by atoms with Gasteiger partial charge < -0.3 is 20.1 Å². The number of rotatable bonds is 8. The van der Waals surface area contributed by atoms with E-state index in [9.17, 15) is 0 Å². The van der Waals surface area contributed by atoms with Gasteiger partial charge in [0.15, 0.2) is 0 Å². The molecule has 0 aromatic carbocycles. The standard InChI is InChI=1S/C8H18O4/c9-4-2-1-3-5-12-7-8(11)6-10/h8-11H,1-7H2. The van der Waals surface area contributed by atoms with Crippen LogP contribution < -0.4 is 0 Å². The Labute approximate surface area is 72.8 Å². The van der Waals surface area contributed by atoms with E-state index in [1.807, 2.05) is 0 Å². The molecule has 0 fully saturated rings. The van der Waals surface area contributed by atoms with Crippen molar-refractivity contribution in [3.8, 4) is 0 Å². The minimum absolute atomic E-state index is 0.190. The van der Waals surface area contributed by atoms with Crippen LogP contribution in [-0.4, -0.2) is 47.9 Å². The Hall–Kier alpha value is -0.160. The summed E-state index contributed by atoms with van der Waals surface area (Å²) in [6, 6.07) is 0. The molecule has 0 aliphatic carbocycles. The highest BCUT2D eigenvalue weighted by Crippen LogP contribution is 1.95. The van der Waals surface area contributed by atoms with E-state index in [0.29, 0.717) is 6.61 Å². The molecular formula is C8H18O4. The van der Waals surface area contributed by atoms with Gasteiger partial charge in [-0.15, -0.1) is 0 Å². The Balaban J connectivity index is 2.90. The predicted molar refractivity (Wildman–Crippen MR) is 44.8 cm³/mol. The average Bonchev–Trinajstić information content (AvgIpc) is 2.10. The maximum Gasteiger partial charge on any atom is 0.100 e. The molecule has 1 unspecified atom stereocenters. The number of aliphatic hydroxyl groups is 3. The third-order valence-corrected chi connectivity index (χ3v) is 1.47. The molecule has 1 atom stereocenters. The Morgan fingerprint density at radius 1 is 1.08 bits per heavy atom. The summed E-state index contributed by atoms with van der Waals surface area (Å²) >= 11 is 0. The third-order valence-electron chi connectivity index (χ3n) is 1.47. The second-order valence-corrected chi connectivity index (χ2v) is 2.70. The maximum atomic E-state index is 8.85. The normalized spacial score (nSPS) is 13.2. The van der Waals surface area contributed by atoms with Gasteiger partial charge in [0.1, 0.15) is 6.10 Å². The molecule has 0 aliphatic heterocycles. The van der Waals surface area contributed by atoms with Gasteiger partial charge in [-0.1, -0.05) is 0 Å². The van der Waals surface area contributed by atoms with E-state index in [1.165, 1.54) is 0 Å².